The summed E-state index contributed by atoms with van der Waals surface area (Å²) in [6.07, 6.45) is 4.55. The average molecular weight is 258 g/mol. The van der Waals surface area contributed by atoms with Crippen LogP contribution in [-0.2, 0) is 17.7 Å². The van der Waals surface area contributed by atoms with Crippen LogP contribution in [0.15, 0.2) is 29.8 Å². The third-order valence-corrected chi connectivity index (χ3v) is 3.83. The molecule has 1 N–H and O–H groups in total. The van der Waals surface area contributed by atoms with E-state index in [0.717, 1.165) is 45.7 Å². The van der Waals surface area contributed by atoms with Crippen molar-refractivity contribution in [2.24, 2.45) is 0 Å². The third kappa shape index (κ3) is 2.99. The van der Waals surface area contributed by atoms with Gasteiger partial charge in [-0.25, -0.2) is 0 Å². The Bertz CT molecular complexity index is 482. The fraction of sp³-hybridized carbons (Fsp3) is 0.500. The predicted octanol–water partition coefficient (Wildman–Crippen LogP) is 2.43. The smallest absolute Gasteiger partial charge is 0.0689 e. The zero-order valence-corrected chi connectivity index (χ0v) is 11.6. The number of nitrogens with one attached hydrogen (secondary N) is 1. The summed E-state index contributed by atoms with van der Waals surface area (Å²) in [5.41, 5.74) is 5.65. The summed E-state index contributed by atoms with van der Waals surface area (Å²) in [7, 11) is 2.18. The van der Waals surface area contributed by atoms with Crippen molar-refractivity contribution in [1.29, 1.82) is 0 Å². The van der Waals surface area contributed by atoms with Crippen molar-refractivity contribution in [2.75, 3.05) is 38.7 Å². The maximum Gasteiger partial charge on any atom is 0.0689 e. The SMILES string of the molecule is CN(CC1=CCCOC1)Cc1cccc2c1NCC2. The molecule has 19 heavy (non-hydrogen) atoms. The molecule has 1 aromatic carbocycles. The molecule has 0 radical (unpaired) electrons. The van der Waals surface area contributed by atoms with E-state index < -0.39 is 0 Å². The van der Waals surface area contributed by atoms with Crippen molar-refractivity contribution < 1.29 is 4.74 Å². The lowest BCUT2D eigenvalue weighted by molar-refractivity contribution is 0.143. The monoisotopic (exact) mass is 258 g/mol. The molecule has 3 heteroatoms. The first-order chi connectivity index (χ1) is 9.33. The van der Waals surface area contributed by atoms with Crippen molar-refractivity contribution in [1.82, 2.24) is 4.90 Å². The fourth-order valence-corrected chi connectivity index (χ4v) is 2.95. The van der Waals surface area contributed by atoms with Gasteiger partial charge >= 0.3 is 0 Å². The number of likely N-dealkylation sites (N-methyl/N-ethyl adjacent to an activating group) is 1. The van der Waals surface area contributed by atoms with Crippen LogP contribution in [0.5, 0.6) is 0 Å². The number of ether oxygens (including phenoxy) is 1. The van der Waals surface area contributed by atoms with Gasteiger partial charge < -0.3 is 10.1 Å². The number of benzene rings is 1. The molecule has 0 spiro atoms. The van der Waals surface area contributed by atoms with E-state index in [1.54, 1.807) is 0 Å². The molecule has 2 aliphatic rings. The zero-order valence-electron chi connectivity index (χ0n) is 11.6. The maximum atomic E-state index is 5.50. The van der Waals surface area contributed by atoms with Crippen LogP contribution < -0.4 is 5.32 Å². The molecule has 0 saturated heterocycles. The molecule has 0 unspecified atom stereocenters. The summed E-state index contributed by atoms with van der Waals surface area (Å²) in [5, 5.41) is 3.51. The van der Waals surface area contributed by atoms with Gasteiger partial charge in [-0.05, 0) is 36.6 Å². The minimum absolute atomic E-state index is 0.801. The number of nitrogens with zero attached hydrogens (tertiary/aromatic N) is 1. The molecule has 0 atom stereocenters. The van der Waals surface area contributed by atoms with E-state index in [0.29, 0.717) is 0 Å². The molecule has 3 nitrogen and oxygen atoms in total. The third-order valence-electron chi connectivity index (χ3n) is 3.83. The second-order valence-corrected chi connectivity index (χ2v) is 5.50. The molecule has 102 valence electrons. The number of rotatable bonds is 4. The summed E-state index contributed by atoms with van der Waals surface area (Å²) < 4.78 is 5.50. The number of hydrogen-bond acceptors (Lipinski definition) is 3. The van der Waals surface area contributed by atoms with E-state index in [4.69, 9.17) is 4.74 Å². The van der Waals surface area contributed by atoms with Crippen LogP contribution in [0.25, 0.3) is 0 Å². The van der Waals surface area contributed by atoms with Crippen molar-refractivity contribution >= 4 is 5.69 Å². The maximum absolute atomic E-state index is 5.50. The Hall–Kier alpha value is -1.32. The van der Waals surface area contributed by atoms with Crippen LogP contribution in [0.4, 0.5) is 5.69 Å². The van der Waals surface area contributed by atoms with E-state index in [1.807, 2.05) is 0 Å². The topological polar surface area (TPSA) is 24.5 Å². The standard InChI is InChI=1S/C16H22N2O/c1-18(10-13-4-3-9-19-12-13)11-15-6-2-5-14-7-8-17-16(14)15/h2,4-6,17H,3,7-12H2,1H3. The molecule has 0 amide bonds. The van der Waals surface area contributed by atoms with Crippen LogP contribution in [-0.4, -0.2) is 38.3 Å². The number of hydrogen-bond donors (Lipinski definition) is 1. The van der Waals surface area contributed by atoms with E-state index in [2.05, 4.69) is 41.5 Å². The lowest BCUT2D eigenvalue weighted by Gasteiger charge is -2.22. The minimum Gasteiger partial charge on any atom is -0.384 e. The Kier molecular flexibility index (Phi) is 3.85. The van der Waals surface area contributed by atoms with Gasteiger partial charge in [-0.3, -0.25) is 4.90 Å². The van der Waals surface area contributed by atoms with Gasteiger partial charge in [-0.1, -0.05) is 24.3 Å². The highest BCUT2D eigenvalue weighted by Gasteiger charge is 2.15. The second-order valence-electron chi connectivity index (χ2n) is 5.50. The zero-order chi connectivity index (χ0) is 13.1. The molecule has 0 bridgehead atoms. The largest absolute Gasteiger partial charge is 0.384 e. The normalized spacial score (nSPS) is 18.1. The molecule has 0 aromatic heterocycles. The highest BCUT2D eigenvalue weighted by molar-refractivity contribution is 5.61. The van der Waals surface area contributed by atoms with Crippen molar-refractivity contribution in [3.8, 4) is 0 Å². The molecule has 1 aromatic rings. The number of anilines is 1. The summed E-state index contributed by atoms with van der Waals surface area (Å²) in [6.45, 7) is 4.76. The summed E-state index contributed by atoms with van der Waals surface area (Å²) >= 11 is 0. The summed E-state index contributed by atoms with van der Waals surface area (Å²) in [5.74, 6) is 0. The first kappa shape index (κ1) is 12.7. The van der Waals surface area contributed by atoms with Gasteiger partial charge in [0.05, 0.1) is 13.2 Å². The Balaban J connectivity index is 1.65. The summed E-state index contributed by atoms with van der Waals surface area (Å²) in [6, 6.07) is 6.65. The second kappa shape index (κ2) is 5.76. The molecule has 0 saturated carbocycles. The summed E-state index contributed by atoms with van der Waals surface area (Å²) in [4.78, 5) is 2.37. The lowest BCUT2D eigenvalue weighted by Crippen LogP contribution is -2.24. The first-order valence-electron chi connectivity index (χ1n) is 7.12. The highest BCUT2D eigenvalue weighted by atomic mass is 16.5. The molecular formula is C16H22N2O. The Morgan fingerprint density at radius 2 is 2.26 bits per heavy atom. The van der Waals surface area contributed by atoms with E-state index in [-0.39, 0.29) is 0 Å². The lowest BCUT2D eigenvalue weighted by atomic mass is 10.1. The Morgan fingerprint density at radius 1 is 1.32 bits per heavy atom. The van der Waals surface area contributed by atoms with Gasteiger partial charge in [0.1, 0.15) is 0 Å². The van der Waals surface area contributed by atoms with Crippen molar-refractivity contribution in [3.63, 3.8) is 0 Å². The Labute approximate surface area is 115 Å². The van der Waals surface area contributed by atoms with E-state index in [9.17, 15) is 0 Å². The van der Waals surface area contributed by atoms with Crippen molar-refractivity contribution in [2.45, 2.75) is 19.4 Å². The van der Waals surface area contributed by atoms with Crippen LogP contribution in [0.1, 0.15) is 17.5 Å². The predicted molar refractivity (Wildman–Crippen MR) is 78.5 cm³/mol. The molecular weight excluding hydrogens is 236 g/mol. The number of fused-ring (bicyclic) bond motifs is 1. The molecule has 2 heterocycles. The molecule has 2 aliphatic heterocycles. The first-order valence-corrected chi connectivity index (χ1v) is 7.12. The minimum atomic E-state index is 0.801. The van der Waals surface area contributed by atoms with Gasteiger partial charge in [0.2, 0.25) is 0 Å². The van der Waals surface area contributed by atoms with E-state index >= 15 is 0 Å². The van der Waals surface area contributed by atoms with Gasteiger partial charge in [-0.15, -0.1) is 0 Å². The van der Waals surface area contributed by atoms with Crippen LogP contribution >= 0.6 is 0 Å². The van der Waals surface area contributed by atoms with Crippen LogP contribution in [0, 0.1) is 0 Å². The molecule has 3 rings (SSSR count). The van der Waals surface area contributed by atoms with Crippen molar-refractivity contribution in [3.05, 3.63) is 41.0 Å². The average Bonchev–Trinajstić information content (AvgIpc) is 2.89. The van der Waals surface area contributed by atoms with Crippen LogP contribution in [0.3, 0.4) is 0 Å². The Morgan fingerprint density at radius 3 is 3.11 bits per heavy atom. The molecule has 0 aliphatic carbocycles. The molecule has 0 fully saturated rings. The van der Waals surface area contributed by atoms with Gasteiger partial charge in [0.15, 0.2) is 0 Å². The van der Waals surface area contributed by atoms with Crippen LogP contribution in [0.2, 0.25) is 0 Å². The fourth-order valence-electron chi connectivity index (χ4n) is 2.95. The highest BCUT2D eigenvalue weighted by Crippen LogP contribution is 2.27. The van der Waals surface area contributed by atoms with Gasteiger partial charge in [0, 0.05) is 25.3 Å². The van der Waals surface area contributed by atoms with E-state index in [1.165, 1.54) is 22.4 Å². The van der Waals surface area contributed by atoms with Gasteiger partial charge in [-0.2, -0.15) is 0 Å². The quantitative estimate of drug-likeness (QED) is 0.840. The number of para-hydroxylation sites is 1. The van der Waals surface area contributed by atoms with Gasteiger partial charge in [0.25, 0.3) is 0 Å².